The monoisotopic (exact) mass is 560 g/mol. The second kappa shape index (κ2) is 11.6. The maximum atomic E-state index is 13.0. The van der Waals surface area contributed by atoms with Crippen LogP contribution < -0.4 is 24.8 Å². The van der Waals surface area contributed by atoms with E-state index in [1.807, 2.05) is 12.1 Å². The van der Waals surface area contributed by atoms with E-state index < -0.39 is 27.9 Å². The molecule has 1 amide bonds. The molecule has 0 saturated carbocycles. The summed E-state index contributed by atoms with van der Waals surface area (Å²) in [6.07, 6.45) is -3.44. The molecule has 0 aliphatic carbocycles. The van der Waals surface area contributed by atoms with Crippen LogP contribution in [0, 0.1) is 0 Å². The Morgan fingerprint density at radius 3 is 2.21 bits per heavy atom. The Kier molecular flexibility index (Phi) is 8.72. The highest BCUT2D eigenvalue weighted by Gasteiger charge is 2.29. The van der Waals surface area contributed by atoms with Crippen LogP contribution in [0.15, 0.2) is 30.5 Å². The average Bonchev–Trinajstić information content (AvgIpc) is 3.23. The van der Waals surface area contributed by atoms with Crippen molar-refractivity contribution >= 4 is 33.2 Å². The number of pyridine rings is 1. The first kappa shape index (κ1) is 28.6. The van der Waals surface area contributed by atoms with Gasteiger partial charge in [0.2, 0.25) is 23.5 Å². The highest BCUT2D eigenvalue weighted by molar-refractivity contribution is 7.91. The minimum Gasteiger partial charge on any atom is -0.542 e. The molecule has 13 nitrogen and oxygen atoms in total. The van der Waals surface area contributed by atoms with Gasteiger partial charge in [-0.05, 0) is 12.1 Å². The van der Waals surface area contributed by atoms with E-state index in [2.05, 4.69) is 20.3 Å². The minimum atomic E-state index is -5.19. The first-order chi connectivity index (χ1) is 17.8. The van der Waals surface area contributed by atoms with Gasteiger partial charge in [0, 0.05) is 6.20 Å². The second-order valence-electron chi connectivity index (χ2n) is 7.93. The van der Waals surface area contributed by atoms with Crippen molar-refractivity contribution in [3.05, 3.63) is 42.0 Å². The number of quaternary nitrogens is 1. The van der Waals surface area contributed by atoms with Gasteiger partial charge >= 0.3 is 6.18 Å². The third-order valence-electron chi connectivity index (χ3n) is 5.33. The number of anilines is 1. The molecule has 0 bridgehead atoms. The summed E-state index contributed by atoms with van der Waals surface area (Å²) in [6.45, 7) is 1.57. The van der Waals surface area contributed by atoms with Crippen LogP contribution in [0.5, 0.6) is 11.8 Å². The predicted molar refractivity (Wildman–Crippen MR) is 122 cm³/mol. The van der Waals surface area contributed by atoms with Crippen molar-refractivity contribution in [1.82, 2.24) is 19.4 Å². The molecule has 206 valence electrons. The first-order valence-corrected chi connectivity index (χ1v) is 12.7. The number of rotatable bonds is 6. The van der Waals surface area contributed by atoms with Crippen molar-refractivity contribution in [2.75, 3.05) is 44.1 Å². The largest absolute Gasteiger partial charge is 0.542 e. The van der Waals surface area contributed by atoms with Crippen molar-refractivity contribution in [3.8, 4) is 11.8 Å². The molecule has 1 aliphatic rings. The molecule has 0 aromatic carbocycles. The number of sulfone groups is 1. The molecule has 0 unspecified atom stereocenters. The van der Waals surface area contributed by atoms with Crippen molar-refractivity contribution in [2.45, 2.75) is 12.7 Å². The Morgan fingerprint density at radius 2 is 1.68 bits per heavy atom. The number of nitrogens with one attached hydrogen (secondary N) is 2. The number of amides is 1. The maximum Gasteiger partial charge on any atom is 0.430 e. The molecular formula is C21H23F3N6O7S. The van der Waals surface area contributed by atoms with Crippen LogP contribution >= 0.6 is 0 Å². The number of carbonyl (C=O) groups is 2. The van der Waals surface area contributed by atoms with Gasteiger partial charge in [-0.1, -0.05) is 6.07 Å². The van der Waals surface area contributed by atoms with Crippen LogP contribution in [-0.2, 0) is 21.2 Å². The summed E-state index contributed by atoms with van der Waals surface area (Å²) in [6, 6.07) is 7.06. The molecule has 1 fully saturated rings. The van der Waals surface area contributed by atoms with Gasteiger partial charge in [-0.3, -0.25) is 14.5 Å². The second-order valence-corrected chi connectivity index (χ2v) is 10.2. The summed E-state index contributed by atoms with van der Waals surface area (Å²) in [5.41, 5.74) is 1.52. The van der Waals surface area contributed by atoms with Crippen molar-refractivity contribution in [2.24, 2.45) is 0 Å². The van der Waals surface area contributed by atoms with Crippen LogP contribution in [0.25, 0.3) is 5.52 Å². The van der Waals surface area contributed by atoms with Crippen molar-refractivity contribution in [3.63, 3.8) is 0 Å². The van der Waals surface area contributed by atoms with Gasteiger partial charge in [-0.15, -0.1) is 0 Å². The summed E-state index contributed by atoms with van der Waals surface area (Å²) in [5.74, 6) is -2.46. The number of carboxylic acids is 1. The summed E-state index contributed by atoms with van der Waals surface area (Å²) in [7, 11) is -0.0412. The molecule has 3 aromatic heterocycles. The van der Waals surface area contributed by atoms with Crippen LogP contribution in [-0.4, -0.2) is 84.6 Å². The zero-order chi connectivity index (χ0) is 28.1. The van der Waals surface area contributed by atoms with Crippen molar-refractivity contribution in [1.29, 1.82) is 0 Å². The number of aliphatic carboxylic acids is 1. The number of hydrogen-bond acceptors (Lipinski definition) is 10. The molecule has 4 rings (SSSR count). The number of aromatic nitrogens is 4. The lowest BCUT2D eigenvalue weighted by atomic mass is 10.3. The number of nitrogens with zero attached hydrogens (tertiary/aromatic N) is 4. The molecule has 1 aliphatic heterocycles. The van der Waals surface area contributed by atoms with Gasteiger partial charge < -0.3 is 24.3 Å². The predicted octanol–water partition coefficient (Wildman–Crippen LogP) is -1.49. The van der Waals surface area contributed by atoms with E-state index in [1.54, 1.807) is 16.7 Å². The van der Waals surface area contributed by atoms with Gasteiger partial charge in [0.1, 0.15) is 18.2 Å². The lowest BCUT2D eigenvalue weighted by Crippen LogP contribution is -3.13. The molecule has 0 radical (unpaired) electrons. The van der Waals surface area contributed by atoms with E-state index in [4.69, 9.17) is 19.4 Å². The Bertz CT molecular complexity index is 1390. The number of carbonyl (C=O) groups excluding carboxylic acids is 2. The Labute approximate surface area is 214 Å². The number of halogens is 3. The third kappa shape index (κ3) is 7.28. The first-order valence-electron chi connectivity index (χ1n) is 10.9. The summed E-state index contributed by atoms with van der Waals surface area (Å²) >= 11 is 0. The molecule has 1 saturated heterocycles. The van der Waals surface area contributed by atoms with Gasteiger partial charge in [-0.2, -0.15) is 23.1 Å². The van der Waals surface area contributed by atoms with E-state index >= 15 is 0 Å². The smallest absolute Gasteiger partial charge is 0.430 e. The van der Waals surface area contributed by atoms with Gasteiger partial charge in [-0.25, -0.2) is 13.4 Å². The van der Waals surface area contributed by atoms with Crippen LogP contribution in [0.2, 0.25) is 0 Å². The highest BCUT2D eigenvalue weighted by Crippen LogP contribution is 2.19. The Morgan fingerprint density at radius 1 is 1.11 bits per heavy atom. The van der Waals surface area contributed by atoms with Gasteiger partial charge in [0.25, 0.3) is 5.91 Å². The van der Waals surface area contributed by atoms with E-state index in [1.165, 1.54) is 20.3 Å². The van der Waals surface area contributed by atoms with Crippen LogP contribution in [0.3, 0.4) is 0 Å². The number of methoxy groups -OCH3 is 2. The minimum absolute atomic E-state index is 0.0299. The maximum absolute atomic E-state index is 13.0. The van der Waals surface area contributed by atoms with E-state index in [9.17, 15) is 26.4 Å². The number of imidazole rings is 1. The number of fused-ring (bicyclic) bond motifs is 1. The van der Waals surface area contributed by atoms with Crippen LogP contribution in [0.4, 0.5) is 19.1 Å². The molecule has 0 atom stereocenters. The topological polar surface area (TPSA) is 169 Å². The summed E-state index contributed by atoms with van der Waals surface area (Å²) in [5, 5.41) is 11.4. The summed E-state index contributed by atoms with van der Waals surface area (Å²) < 4.78 is 66.9. The number of alkyl halides is 3. The fraction of sp³-hybridized carbons (Fsp3) is 0.381. The normalized spacial score (nSPS) is 15.3. The number of carboxylic acid groups (broad SMARTS) is 1. The van der Waals surface area contributed by atoms with Crippen LogP contribution in [0.1, 0.15) is 16.3 Å². The molecule has 38 heavy (non-hydrogen) atoms. The SMILES string of the molecule is COc1cc(OC)nc(NC(=O)c2nc(C[NH+]3CCS(=O)(=O)CC3)c3ccccn23)n1.O=C([O-])C(F)(F)F. The zero-order valence-electron chi connectivity index (χ0n) is 20.1. The number of ether oxygens (including phenoxy) is 2. The van der Waals surface area contributed by atoms with Gasteiger partial charge in [0.05, 0.1) is 50.4 Å². The van der Waals surface area contributed by atoms with E-state index in [0.717, 1.165) is 16.1 Å². The van der Waals surface area contributed by atoms with E-state index in [0.29, 0.717) is 19.6 Å². The lowest BCUT2D eigenvalue weighted by molar-refractivity contribution is -0.910. The third-order valence-corrected chi connectivity index (χ3v) is 6.98. The lowest BCUT2D eigenvalue weighted by Gasteiger charge is -2.22. The van der Waals surface area contributed by atoms with E-state index in [-0.39, 0.29) is 35.0 Å². The van der Waals surface area contributed by atoms with Crippen molar-refractivity contribution < 1.29 is 50.7 Å². The zero-order valence-corrected chi connectivity index (χ0v) is 20.9. The average molecular weight is 561 g/mol. The molecule has 0 spiro atoms. The number of hydrogen-bond donors (Lipinski definition) is 2. The summed E-state index contributed by atoms with van der Waals surface area (Å²) in [4.78, 5) is 35.7. The molecule has 2 N–H and O–H groups in total. The fourth-order valence-electron chi connectivity index (χ4n) is 3.46. The Balaban J connectivity index is 0.000000505. The Hall–Kier alpha value is -3.99. The quantitative estimate of drug-likeness (QED) is 0.362. The molecular weight excluding hydrogens is 537 g/mol. The molecule has 4 heterocycles. The fourth-order valence-corrected chi connectivity index (χ4v) is 4.86. The highest BCUT2D eigenvalue weighted by atomic mass is 32.2. The standard InChI is InChI=1S/C19H22N6O5S.C2HF3O2/c1-29-15-11-16(30-2)22-19(21-15)23-18(26)17-20-13(14-5-3-4-6-25(14)17)12-24-7-9-31(27,28)10-8-24;3-2(4,5)1(6)7/h3-6,11H,7-10,12H2,1-2H3,(H,21,22,23,26);(H,6,7). The van der Waals surface area contributed by atoms with Gasteiger partial charge in [0.15, 0.2) is 9.84 Å². The molecule has 17 heteroatoms. The molecule has 3 aromatic rings.